The molecule has 0 saturated carbocycles. The molecule has 0 aliphatic carbocycles. The van der Waals surface area contributed by atoms with E-state index in [0.29, 0.717) is 5.02 Å². The van der Waals surface area contributed by atoms with Crippen molar-refractivity contribution in [3.05, 3.63) is 82.0 Å². The lowest BCUT2D eigenvalue weighted by Crippen LogP contribution is -1.87. The molecule has 21 heavy (non-hydrogen) atoms. The van der Waals surface area contributed by atoms with Crippen molar-refractivity contribution < 1.29 is 4.39 Å². The first-order valence-electron chi connectivity index (χ1n) is 6.45. The molecule has 0 aliphatic heterocycles. The maximum absolute atomic E-state index is 13.1. The van der Waals surface area contributed by atoms with E-state index in [0.717, 1.165) is 26.7 Å². The monoisotopic (exact) mass is 360 g/mol. The van der Waals surface area contributed by atoms with Gasteiger partial charge in [0.05, 0.1) is 0 Å². The van der Waals surface area contributed by atoms with Crippen molar-refractivity contribution in [2.45, 2.75) is 0 Å². The molecule has 0 amide bonds. The fraction of sp³-hybridized carbons (Fsp3) is 0. The number of benzene rings is 3. The number of hydrogen-bond acceptors (Lipinski definition) is 0. The molecular formula is C18H11BrClF. The van der Waals surface area contributed by atoms with Gasteiger partial charge in [0.25, 0.3) is 0 Å². The molecule has 0 aliphatic rings. The van der Waals surface area contributed by atoms with E-state index >= 15 is 0 Å². The highest BCUT2D eigenvalue weighted by Gasteiger charge is 2.11. The van der Waals surface area contributed by atoms with Crippen LogP contribution in [0.25, 0.3) is 22.3 Å². The van der Waals surface area contributed by atoms with Gasteiger partial charge in [0.15, 0.2) is 0 Å². The maximum Gasteiger partial charge on any atom is 0.123 e. The van der Waals surface area contributed by atoms with Crippen molar-refractivity contribution in [1.29, 1.82) is 0 Å². The standard InChI is InChI=1S/C18H11BrClF/c19-17-3-1-2-16(12-6-10-15(21)11-7-12)18(17)13-4-8-14(20)9-5-13/h1-11H. The molecule has 3 aromatic rings. The zero-order valence-corrected chi connectivity index (χ0v) is 13.3. The Hall–Kier alpha value is -1.64. The highest BCUT2D eigenvalue weighted by Crippen LogP contribution is 2.38. The third-order valence-electron chi connectivity index (χ3n) is 3.30. The van der Waals surface area contributed by atoms with Crippen LogP contribution in [-0.4, -0.2) is 0 Å². The van der Waals surface area contributed by atoms with Gasteiger partial charge in [0, 0.05) is 15.1 Å². The van der Waals surface area contributed by atoms with E-state index in [9.17, 15) is 4.39 Å². The van der Waals surface area contributed by atoms with Crippen LogP contribution < -0.4 is 0 Å². The van der Waals surface area contributed by atoms with Gasteiger partial charge in [0.1, 0.15) is 5.82 Å². The van der Waals surface area contributed by atoms with Gasteiger partial charge in [-0.05, 0) is 47.0 Å². The summed E-state index contributed by atoms with van der Waals surface area (Å²) in [6.07, 6.45) is 0. The van der Waals surface area contributed by atoms with Crippen LogP contribution in [0.4, 0.5) is 4.39 Å². The highest BCUT2D eigenvalue weighted by atomic mass is 79.9. The van der Waals surface area contributed by atoms with Crippen molar-refractivity contribution in [2.75, 3.05) is 0 Å². The van der Waals surface area contributed by atoms with Gasteiger partial charge in [-0.2, -0.15) is 0 Å². The van der Waals surface area contributed by atoms with Crippen LogP contribution in [0.3, 0.4) is 0 Å². The van der Waals surface area contributed by atoms with Crippen LogP contribution in [0.1, 0.15) is 0 Å². The Balaban J connectivity index is 2.20. The van der Waals surface area contributed by atoms with Crippen LogP contribution in [0.2, 0.25) is 5.02 Å². The molecular weight excluding hydrogens is 351 g/mol. The molecule has 3 heteroatoms. The summed E-state index contributed by atoms with van der Waals surface area (Å²) in [6, 6.07) is 20.2. The minimum Gasteiger partial charge on any atom is -0.207 e. The van der Waals surface area contributed by atoms with Crippen molar-refractivity contribution in [2.24, 2.45) is 0 Å². The third-order valence-corrected chi connectivity index (χ3v) is 4.21. The average Bonchev–Trinajstić information content (AvgIpc) is 2.49. The van der Waals surface area contributed by atoms with Crippen LogP contribution >= 0.6 is 27.5 Å². The van der Waals surface area contributed by atoms with E-state index in [2.05, 4.69) is 15.9 Å². The third kappa shape index (κ3) is 3.02. The van der Waals surface area contributed by atoms with Crippen molar-refractivity contribution >= 4 is 27.5 Å². The summed E-state index contributed by atoms with van der Waals surface area (Å²) in [4.78, 5) is 0. The van der Waals surface area contributed by atoms with E-state index < -0.39 is 0 Å². The molecule has 104 valence electrons. The lowest BCUT2D eigenvalue weighted by Gasteiger charge is -2.12. The molecule has 0 atom stereocenters. The van der Waals surface area contributed by atoms with Crippen molar-refractivity contribution in [3.63, 3.8) is 0 Å². The predicted molar refractivity (Wildman–Crippen MR) is 90.0 cm³/mol. The second-order valence-electron chi connectivity index (χ2n) is 4.68. The smallest absolute Gasteiger partial charge is 0.123 e. The quantitative estimate of drug-likeness (QED) is 0.484. The second-order valence-corrected chi connectivity index (χ2v) is 5.97. The summed E-state index contributed by atoms with van der Waals surface area (Å²) < 4.78 is 14.1. The Bertz CT molecular complexity index is 764. The van der Waals surface area contributed by atoms with Gasteiger partial charge in [-0.3, -0.25) is 0 Å². The largest absolute Gasteiger partial charge is 0.207 e. The fourth-order valence-electron chi connectivity index (χ4n) is 2.30. The van der Waals surface area contributed by atoms with E-state index in [-0.39, 0.29) is 5.82 Å². The van der Waals surface area contributed by atoms with Crippen LogP contribution in [-0.2, 0) is 0 Å². The Labute approximate surface area is 136 Å². The van der Waals surface area contributed by atoms with E-state index in [1.807, 2.05) is 42.5 Å². The molecule has 0 N–H and O–H groups in total. The zero-order chi connectivity index (χ0) is 14.8. The molecule has 3 rings (SSSR count). The topological polar surface area (TPSA) is 0 Å². The Kier molecular flexibility index (Phi) is 4.09. The van der Waals surface area contributed by atoms with Crippen LogP contribution in [0.5, 0.6) is 0 Å². The van der Waals surface area contributed by atoms with E-state index in [1.54, 1.807) is 12.1 Å². The number of hydrogen-bond donors (Lipinski definition) is 0. The Morgan fingerprint density at radius 2 is 1.38 bits per heavy atom. The summed E-state index contributed by atoms with van der Waals surface area (Å²) in [5.74, 6) is -0.234. The number of halogens is 3. The first-order chi connectivity index (χ1) is 10.1. The molecule has 0 spiro atoms. The van der Waals surface area contributed by atoms with Gasteiger partial charge in [-0.15, -0.1) is 0 Å². The fourth-order valence-corrected chi connectivity index (χ4v) is 3.03. The van der Waals surface area contributed by atoms with Gasteiger partial charge < -0.3 is 0 Å². The highest BCUT2D eigenvalue weighted by molar-refractivity contribution is 9.10. The van der Waals surface area contributed by atoms with Crippen LogP contribution in [0, 0.1) is 5.82 Å². The Morgan fingerprint density at radius 1 is 0.762 bits per heavy atom. The molecule has 0 saturated heterocycles. The second kappa shape index (κ2) is 6.00. The first-order valence-corrected chi connectivity index (χ1v) is 7.62. The van der Waals surface area contributed by atoms with Gasteiger partial charge in [-0.1, -0.05) is 63.9 Å². The van der Waals surface area contributed by atoms with Gasteiger partial charge in [-0.25, -0.2) is 4.39 Å². The lowest BCUT2D eigenvalue weighted by molar-refractivity contribution is 0.628. The van der Waals surface area contributed by atoms with E-state index in [4.69, 9.17) is 11.6 Å². The SMILES string of the molecule is Fc1ccc(-c2cccc(Br)c2-c2ccc(Cl)cc2)cc1. The summed E-state index contributed by atoms with van der Waals surface area (Å²) in [5.41, 5.74) is 4.15. The van der Waals surface area contributed by atoms with Gasteiger partial charge >= 0.3 is 0 Å². The molecule has 0 heterocycles. The minimum absolute atomic E-state index is 0.234. The molecule has 0 aromatic heterocycles. The summed E-state index contributed by atoms with van der Waals surface area (Å²) in [6.45, 7) is 0. The predicted octanol–water partition coefficient (Wildman–Crippen LogP) is 6.58. The first kappa shape index (κ1) is 14.3. The van der Waals surface area contributed by atoms with Crippen molar-refractivity contribution in [3.8, 4) is 22.3 Å². The summed E-state index contributed by atoms with van der Waals surface area (Å²) in [5, 5.41) is 0.703. The Morgan fingerprint density at radius 3 is 2.05 bits per heavy atom. The normalized spacial score (nSPS) is 10.6. The molecule has 0 nitrogen and oxygen atoms in total. The molecule has 0 radical (unpaired) electrons. The van der Waals surface area contributed by atoms with Crippen molar-refractivity contribution in [1.82, 2.24) is 0 Å². The molecule has 0 bridgehead atoms. The lowest BCUT2D eigenvalue weighted by atomic mass is 9.95. The minimum atomic E-state index is -0.234. The average molecular weight is 362 g/mol. The maximum atomic E-state index is 13.1. The summed E-state index contributed by atoms with van der Waals surface area (Å²) in [7, 11) is 0. The molecule has 0 fully saturated rings. The molecule has 3 aromatic carbocycles. The summed E-state index contributed by atoms with van der Waals surface area (Å²) >= 11 is 9.57. The number of rotatable bonds is 2. The molecule has 0 unspecified atom stereocenters. The van der Waals surface area contributed by atoms with Gasteiger partial charge in [0.2, 0.25) is 0 Å². The zero-order valence-electron chi connectivity index (χ0n) is 11.0. The van der Waals surface area contributed by atoms with E-state index in [1.165, 1.54) is 12.1 Å². The van der Waals surface area contributed by atoms with Crippen LogP contribution in [0.15, 0.2) is 71.2 Å².